The molecule has 0 radical (unpaired) electrons. The molecule has 0 bridgehead atoms. The van der Waals surface area contributed by atoms with E-state index >= 15 is 0 Å². The maximum atomic E-state index is 13.3. The van der Waals surface area contributed by atoms with Crippen LogP contribution in [0.15, 0.2) is 76.2 Å². The topological polar surface area (TPSA) is 79.6 Å². The van der Waals surface area contributed by atoms with Crippen molar-refractivity contribution >= 4 is 46.4 Å². The van der Waals surface area contributed by atoms with Gasteiger partial charge in [0.1, 0.15) is 11.6 Å². The Morgan fingerprint density at radius 2 is 1.74 bits per heavy atom. The molecule has 2 heterocycles. The molecule has 31 heavy (non-hydrogen) atoms. The maximum Gasteiger partial charge on any atom is 0.272 e. The summed E-state index contributed by atoms with van der Waals surface area (Å²) in [6.07, 6.45) is 1.54. The summed E-state index contributed by atoms with van der Waals surface area (Å²) < 4.78 is 18.7. The number of halogens is 1. The summed E-state index contributed by atoms with van der Waals surface area (Å²) in [4.78, 5) is 39.1. The molecule has 1 aliphatic rings. The third kappa shape index (κ3) is 4.29. The zero-order chi connectivity index (χ0) is 22.0. The van der Waals surface area contributed by atoms with Crippen LogP contribution < -0.4 is 10.2 Å². The number of hydrogen-bond donors (Lipinski definition) is 1. The van der Waals surface area contributed by atoms with E-state index in [2.05, 4.69) is 5.32 Å². The van der Waals surface area contributed by atoms with E-state index in [1.165, 1.54) is 43.0 Å². The molecule has 6 nitrogen and oxygen atoms in total. The quantitative estimate of drug-likeness (QED) is 0.572. The first-order chi connectivity index (χ1) is 14.9. The normalized spacial score (nSPS) is 13.8. The Bertz CT molecular complexity index is 1170. The zero-order valence-corrected chi connectivity index (χ0v) is 17.2. The first kappa shape index (κ1) is 20.6. The van der Waals surface area contributed by atoms with Gasteiger partial charge in [-0.1, -0.05) is 12.1 Å². The van der Waals surface area contributed by atoms with Gasteiger partial charge in [0.25, 0.3) is 11.8 Å². The number of nitrogens with zero attached hydrogens (tertiary/aromatic N) is 1. The molecule has 1 aromatic heterocycles. The molecule has 0 unspecified atom stereocenters. The summed E-state index contributed by atoms with van der Waals surface area (Å²) in [5.74, 6) is -0.613. The highest BCUT2D eigenvalue weighted by molar-refractivity contribution is 8.03. The second-order valence-electron chi connectivity index (χ2n) is 6.75. The summed E-state index contributed by atoms with van der Waals surface area (Å²) in [6, 6.07) is 15.4. The van der Waals surface area contributed by atoms with E-state index in [9.17, 15) is 18.8 Å². The average molecular weight is 436 g/mol. The highest BCUT2D eigenvalue weighted by Crippen LogP contribution is 2.39. The molecule has 0 saturated heterocycles. The van der Waals surface area contributed by atoms with Crippen LogP contribution in [-0.2, 0) is 20.1 Å². The van der Waals surface area contributed by atoms with Crippen LogP contribution in [0, 0.1) is 5.82 Å². The lowest BCUT2D eigenvalue weighted by Crippen LogP contribution is -2.31. The van der Waals surface area contributed by atoms with Crippen molar-refractivity contribution in [3.8, 4) is 0 Å². The van der Waals surface area contributed by atoms with Crippen LogP contribution in [0.3, 0.4) is 0 Å². The number of carbonyl (C=O) groups excluding carboxylic acids is 3. The second kappa shape index (κ2) is 8.61. The van der Waals surface area contributed by atoms with Gasteiger partial charge in [-0.15, -0.1) is 11.8 Å². The zero-order valence-electron chi connectivity index (χ0n) is 16.4. The minimum atomic E-state index is -0.495. The highest BCUT2D eigenvalue weighted by Gasteiger charge is 2.40. The average Bonchev–Trinajstić information content (AvgIpc) is 3.34. The van der Waals surface area contributed by atoms with E-state index in [1.807, 2.05) is 0 Å². The number of furan rings is 1. The predicted octanol–water partition coefficient (Wildman–Crippen LogP) is 4.60. The molecule has 156 valence electrons. The molecule has 0 atom stereocenters. The van der Waals surface area contributed by atoms with Gasteiger partial charge in [0.2, 0.25) is 5.91 Å². The first-order valence-electron chi connectivity index (χ1n) is 9.36. The minimum Gasteiger partial charge on any atom is -0.468 e. The number of amides is 3. The minimum absolute atomic E-state index is 0.212. The van der Waals surface area contributed by atoms with Crippen molar-refractivity contribution in [3.63, 3.8) is 0 Å². The molecule has 3 aromatic rings. The van der Waals surface area contributed by atoms with Crippen molar-refractivity contribution in [1.82, 2.24) is 0 Å². The molecule has 2 aromatic carbocycles. The van der Waals surface area contributed by atoms with Crippen molar-refractivity contribution in [2.24, 2.45) is 0 Å². The highest BCUT2D eigenvalue weighted by atomic mass is 32.2. The smallest absolute Gasteiger partial charge is 0.272 e. The Morgan fingerprint density at radius 1 is 1.03 bits per heavy atom. The molecule has 0 saturated carbocycles. The van der Waals surface area contributed by atoms with Crippen molar-refractivity contribution in [2.75, 3.05) is 10.2 Å². The number of anilines is 2. The van der Waals surface area contributed by atoms with Gasteiger partial charge < -0.3 is 9.73 Å². The van der Waals surface area contributed by atoms with E-state index in [4.69, 9.17) is 4.42 Å². The fraction of sp³-hybridized carbons (Fsp3) is 0.0870. The third-order valence-corrected chi connectivity index (χ3v) is 5.66. The van der Waals surface area contributed by atoms with Gasteiger partial charge in [-0.05, 0) is 54.1 Å². The molecule has 0 spiro atoms. The van der Waals surface area contributed by atoms with E-state index in [1.54, 1.807) is 42.7 Å². The lowest BCUT2D eigenvalue weighted by atomic mass is 10.1. The van der Waals surface area contributed by atoms with Gasteiger partial charge >= 0.3 is 0 Å². The molecule has 0 aliphatic carbocycles. The lowest BCUT2D eigenvalue weighted by molar-refractivity contribution is -0.120. The number of carbonyl (C=O) groups is 3. The van der Waals surface area contributed by atoms with Gasteiger partial charge in [-0.3, -0.25) is 14.4 Å². The third-order valence-electron chi connectivity index (χ3n) is 4.56. The maximum absolute atomic E-state index is 13.3. The predicted molar refractivity (Wildman–Crippen MR) is 117 cm³/mol. The molecular formula is C23H17FN2O4S. The monoisotopic (exact) mass is 436 g/mol. The molecule has 1 N–H and O–H groups in total. The number of thioether (sulfide) groups is 1. The fourth-order valence-electron chi connectivity index (χ4n) is 3.18. The van der Waals surface area contributed by atoms with Crippen LogP contribution in [0.4, 0.5) is 15.8 Å². The molecule has 1 aliphatic heterocycles. The van der Waals surface area contributed by atoms with Gasteiger partial charge in [0, 0.05) is 12.6 Å². The Labute approximate surface area is 181 Å². The molecule has 8 heteroatoms. The van der Waals surface area contributed by atoms with Crippen LogP contribution in [0.2, 0.25) is 0 Å². The molecular weight excluding hydrogens is 419 g/mol. The van der Waals surface area contributed by atoms with Gasteiger partial charge in [-0.2, -0.15) is 0 Å². The van der Waals surface area contributed by atoms with Crippen molar-refractivity contribution in [2.45, 2.75) is 12.7 Å². The van der Waals surface area contributed by atoms with Crippen LogP contribution in [0.5, 0.6) is 0 Å². The summed E-state index contributed by atoms with van der Waals surface area (Å²) in [7, 11) is 0. The van der Waals surface area contributed by atoms with Gasteiger partial charge in [-0.25, -0.2) is 9.29 Å². The van der Waals surface area contributed by atoms with Crippen LogP contribution in [0.1, 0.15) is 18.2 Å². The van der Waals surface area contributed by atoms with E-state index in [0.717, 1.165) is 4.90 Å². The number of imide groups is 1. The molecule has 0 fully saturated rings. The van der Waals surface area contributed by atoms with E-state index in [0.29, 0.717) is 22.8 Å². The van der Waals surface area contributed by atoms with E-state index < -0.39 is 17.6 Å². The van der Waals surface area contributed by atoms with Crippen molar-refractivity contribution < 1.29 is 23.2 Å². The summed E-state index contributed by atoms with van der Waals surface area (Å²) in [5.41, 5.74) is 1.66. The van der Waals surface area contributed by atoms with Gasteiger partial charge in [0.05, 0.1) is 28.2 Å². The number of benzene rings is 2. The summed E-state index contributed by atoms with van der Waals surface area (Å²) in [5, 5.41) is 2.67. The van der Waals surface area contributed by atoms with Crippen molar-refractivity contribution in [3.05, 3.63) is 89.0 Å². The summed E-state index contributed by atoms with van der Waals surface area (Å²) >= 11 is 1.20. The Hall–Kier alpha value is -3.65. The van der Waals surface area contributed by atoms with Crippen molar-refractivity contribution in [1.29, 1.82) is 0 Å². The fourth-order valence-corrected chi connectivity index (χ4v) is 4.20. The number of hydrogen-bond acceptors (Lipinski definition) is 5. The Kier molecular flexibility index (Phi) is 5.73. The largest absolute Gasteiger partial charge is 0.468 e. The number of nitrogens with one attached hydrogen (secondary N) is 1. The van der Waals surface area contributed by atoms with Gasteiger partial charge in [0.15, 0.2) is 0 Å². The SMILES string of the molecule is CC(=O)Nc1ccc(C2=C(SCc3ccco3)C(=O)N(c3ccc(F)cc3)C2=O)cc1. The standard InChI is InChI=1S/C23H17FN2O4S/c1-14(27)25-17-8-4-15(5-9-17)20-21(31-13-19-3-2-12-30-19)23(29)26(22(20)28)18-10-6-16(24)7-11-18/h2-12H,13H2,1H3,(H,25,27). The summed E-state index contributed by atoms with van der Waals surface area (Å²) in [6.45, 7) is 1.40. The lowest BCUT2D eigenvalue weighted by Gasteiger charge is -2.15. The van der Waals surface area contributed by atoms with Crippen LogP contribution >= 0.6 is 11.8 Å². The Morgan fingerprint density at radius 3 is 2.35 bits per heavy atom. The number of rotatable bonds is 6. The second-order valence-corrected chi connectivity index (χ2v) is 7.74. The molecule has 4 rings (SSSR count). The Balaban J connectivity index is 1.71. The van der Waals surface area contributed by atoms with Crippen LogP contribution in [0.25, 0.3) is 5.57 Å². The van der Waals surface area contributed by atoms with E-state index in [-0.39, 0.29) is 22.1 Å². The first-order valence-corrected chi connectivity index (χ1v) is 10.3. The molecule has 3 amide bonds. The van der Waals surface area contributed by atoms with Crippen LogP contribution in [-0.4, -0.2) is 17.7 Å².